The van der Waals surface area contributed by atoms with Gasteiger partial charge in [0.25, 0.3) is 0 Å². The van der Waals surface area contributed by atoms with Crippen LogP contribution in [0.2, 0.25) is 0 Å². The maximum Gasteiger partial charge on any atom is 0.333 e. The second kappa shape index (κ2) is 11.6. The SMILES string of the molecule is CCOC(Cc1ccc(OC(C)(C(=S)NCc2ccccc2)c2ccccc2)cc1)C(=O)O. The van der Waals surface area contributed by atoms with E-state index in [9.17, 15) is 9.90 Å². The predicted octanol–water partition coefficient (Wildman–Crippen LogP) is 5.13. The monoisotopic (exact) mass is 463 g/mol. The summed E-state index contributed by atoms with van der Waals surface area (Å²) in [4.78, 5) is 11.9. The van der Waals surface area contributed by atoms with E-state index in [0.29, 0.717) is 23.9 Å². The Morgan fingerprint density at radius 2 is 1.58 bits per heavy atom. The van der Waals surface area contributed by atoms with Crippen LogP contribution in [0.25, 0.3) is 0 Å². The van der Waals surface area contributed by atoms with Crippen molar-refractivity contribution < 1.29 is 19.4 Å². The van der Waals surface area contributed by atoms with Gasteiger partial charge in [-0.2, -0.15) is 0 Å². The molecule has 0 aliphatic rings. The molecular weight excluding hydrogens is 434 g/mol. The van der Waals surface area contributed by atoms with Crippen LogP contribution in [0.15, 0.2) is 84.9 Å². The molecule has 0 aliphatic heterocycles. The highest BCUT2D eigenvalue weighted by molar-refractivity contribution is 7.80. The number of carboxylic acid groups (broad SMARTS) is 1. The van der Waals surface area contributed by atoms with Crippen LogP contribution in [0.4, 0.5) is 0 Å². The summed E-state index contributed by atoms with van der Waals surface area (Å²) >= 11 is 5.79. The second-order valence-electron chi connectivity index (χ2n) is 7.80. The lowest BCUT2D eigenvalue weighted by molar-refractivity contribution is -0.149. The molecule has 3 rings (SSSR count). The van der Waals surface area contributed by atoms with Crippen molar-refractivity contribution in [2.24, 2.45) is 0 Å². The fourth-order valence-corrected chi connectivity index (χ4v) is 3.73. The van der Waals surface area contributed by atoms with Crippen molar-refractivity contribution in [1.29, 1.82) is 0 Å². The summed E-state index contributed by atoms with van der Waals surface area (Å²) in [5, 5.41) is 12.7. The molecule has 5 nitrogen and oxygen atoms in total. The number of aliphatic carboxylic acids is 1. The van der Waals surface area contributed by atoms with Crippen LogP contribution in [0.3, 0.4) is 0 Å². The molecule has 6 heteroatoms. The Morgan fingerprint density at radius 3 is 2.15 bits per heavy atom. The number of thiocarbonyl (C=S) groups is 1. The van der Waals surface area contributed by atoms with E-state index in [0.717, 1.165) is 16.7 Å². The molecule has 0 bridgehead atoms. The third-order valence-corrected chi connectivity index (χ3v) is 5.90. The molecule has 0 saturated heterocycles. The highest BCUT2D eigenvalue weighted by Gasteiger charge is 2.34. The van der Waals surface area contributed by atoms with E-state index in [1.807, 2.05) is 91.9 Å². The zero-order valence-corrected chi connectivity index (χ0v) is 19.7. The first-order valence-electron chi connectivity index (χ1n) is 10.9. The van der Waals surface area contributed by atoms with Crippen LogP contribution >= 0.6 is 12.2 Å². The van der Waals surface area contributed by atoms with Gasteiger partial charge in [0.2, 0.25) is 0 Å². The molecule has 0 fully saturated rings. The molecule has 2 N–H and O–H groups in total. The highest BCUT2D eigenvalue weighted by atomic mass is 32.1. The number of hydrogen-bond donors (Lipinski definition) is 2. The Morgan fingerprint density at radius 1 is 0.970 bits per heavy atom. The lowest BCUT2D eigenvalue weighted by Gasteiger charge is -2.32. The Labute approximate surface area is 200 Å². The van der Waals surface area contributed by atoms with Crippen molar-refractivity contribution in [3.05, 3.63) is 102 Å². The molecule has 0 spiro atoms. The van der Waals surface area contributed by atoms with Crippen molar-refractivity contribution in [2.45, 2.75) is 38.5 Å². The molecular formula is C27H29NO4S. The van der Waals surface area contributed by atoms with Crippen LogP contribution in [0.1, 0.15) is 30.5 Å². The highest BCUT2D eigenvalue weighted by Crippen LogP contribution is 2.30. The third kappa shape index (κ3) is 6.63. The van der Waals surface area contributed by atoms with Gasteiger partial charge >= 0.3 is 5.97 Å². The molecule has 0 amide bonds. The van der Waals surface area contributed by atoms with Gasteiger partial charge < -0.3 is 19.9 Å². The van der Waals surface area contributed by atoms with Crippen molar-refractivity contribution in [3.63, 3.8) is 0 Å². The van der Waals surface area contributed by atoms with Gasteiger partial charge in [-0.3, -0.25) is 0 Å². The van der Waals surface area contributed by atoms with E-state index in [-0.39, 0.29) is 6.42 Å². The largest absolute Gasteiger partial charge is 0.479 e. The Balaban J connectivity index is 1.77. The Hall–Kier alpha value is -3.22. The topological polar surface area (TPSA) is 67.8 Å². The molecule has 2 atom stereocenters. The molecule has 33 heavy (non-hydrogen) atoms. The number of nitrogens with one attached hydrogen (secondary N) is 1. The number of benzene rings is 3. The normalized spacial score (nSPS) is 13.5. The van der Waals surface area contributed by atoms with Crippen LogP contribution in [0, 0.1) is 0 Å². The van der Waals surface area contributed by atoms with E-state index in [1.165, 1.54) is 0 Å². The molecule has 0 aromatic heterocycles. The summed E-state index contributed by atoms with van der Waals surface area (Å²) in [5.41, 5.74) is 2.03. The van der Waals surface area contributed by atoms with Gasteiger partial charge in [0.15, 0.2) is 11.7 Å². The summed E-state index contributed by atoms with van der Waals surface area (Å²) in [6.45, 7) is 4.68. The number of carbonyl (C=O) groups is 1. The van der Waals surface area contributed by atoms with Gasteiger partial charge in [-0.25, -0.2) is 4.79 Å². The number of rotatable bonds is 11. The number of hydrogen-bond acceptors (Lipinski definition) is 4. The third-order valence-electron chi connectivity index (χ3n) is 5.36. The number of ether oxygens (including phenoxy) is 2. The lowest BCUT2D eigenvalue weighted by Crippen LogP contribution is -2.45. The molecule has 0 radical (unpaired) electrons. The first-order chi connectivity index (χ1) is 15.9. The summed E-state index contributed by atoms with van der Waals surface area (Å²) < 4.78 is 11.8. The molecule has 3 aromatic carbocycles. The van der Waals surface area contributed by atoms with E-state index >= 15 is 0 Å². The van der Waals surface area contributed by atoms with Crippen LogP contribution < -0.4 is 10.1 Å². The quantitative estimate of drug-likeness (QED) is 0.384. The van der Waals surface area contributed by atoms with E-state index in [2.05, 4.69) is 5.32 Å². The van der Waals surface area contributed by atoms with Crippen molar-refractivity contribution >= 4 is 23.2 Å². The van der Waals surface area contributed by atoms with Gasteiger partial charge in [-0.1, -0.05) is 85.0 Å². The first kappa shape index (κ1) is 24.4. The van der Waals surface area contributed by atoms with Gasteiger partial charge in [0.1, 0.15) is 10.7 Å². The zero-order chi connectivity index (χ0) is 23.7. The minimum atomic E-state index is -0.969. The smallest absolute Gasteiger partial charge is 0.333 e. The molecule has 0 heterocycles. The summed E-state index contributed by atoms with van der Waals surface area (Å²) in [5.74, 6) is -0.332. The van der Waals surface area contributed by atoms with Crippen LogP contribution in [-0.4, -0.2) is 28.8 Å². The maximum atomic E-state index is 11.4. The first-order valence-corrected chi connectivity index (χ1v) is 11.3. The standard InChI is InChI=1S/C27H29NO4S/c1-3-31-24(25(29)30)18-20-14-16-23(17-15-20)32-27(2,22-12-8-5-9-13-22)26(33)28-19-21-10-6-4-7-11-21/h4-17,24H,3,18-19H2,1-2H3,(H,28,33)(H,29,30). The van der Waals surface area contributed by atoms with Gasteiger partial charge in [-0.15, -0.1) is 0 Å². The molecule has 0 aliphatic carbocycles. The fourth-order valence-electron chi connectivity index (χ4n) is 3.50. The molecule has 2 unspecified atom stereocenters. The summed E-state index contributed by atoms with van der Waals surface area (Å²) in [6.07, 6.45) is -0.581. The Kier molecular flexibility index (Phi) is 8.58. The van der Waals surface area contributed by atoms with Crippen molar-refractivity contribution in [1.82, 2.24) is 5.32 Å². The van der Waals surface area contributed by atoms with Gasteiger partial charge in [-0.05, 0) is 37.1 Å². The summed E-state index contributed by atoms with van der Waals surface area (Å²) in [6, 6.07) is 27.3. The van der Waals surface area contributed by atoms with Gasteiger partial charge in [0.05, 0.1) is 0 Å². The van der Waals surface area contributed by atoms with Gasteiger partial charge in [0, 0.05) is 25.1 Å². The zero-order valence-electron chi connectivity index (χ0n) is 18.9. The molecule has 0 saturated carbocycles. The second-order valence-corrected chi connectivity index (χ2v) is 8.21. The van der Waals surface area contributed by atoms with Crippen LogP contribution in [0.5, 0.6) is 5.75 Å². The van der Waals surface area contributed by atoms with E-state index in [4.69, 9.17) is 21.7 Å². The van der Waals surface area contributed by atoms with Crippen molar-refractivity contribution in [3.8, 4) is 5.75 Å². The summed E-state index contributed by atoms with van der Waals surface area (Å²) in [7, 11) is 0. The van der Waals surface area contributed by atoms with E-state index < -0.39 is 17.7 Å². The minimum absolute atomic E-state index is 0.288. The van der Waals surface area contributed by atoms with Crippen LogP contribution in [-0.2, 0) is 28.1 Å². The maximum absolute atomic E-state index is 11.4. The molecule has 3 aromatic rings. The Bertz CT molecular complexity index is 1040. The fraction of sp³-hybridized carbons (Fsp3) is 0.259. The van der Waals surface area contributed by atoms with Crippen molar-refractivity contribution in [2.75, 3.05) is 6.61 Å². The minimum Gasteiger partial charge on any atom is -0.479 e. The average Bonchev–Trinajstić information content (AvgIpc) is 2.84. The predicted molar refractivity (Wildman–Crippen MR) is 133 cm³/mol. The number of carboxylic acids is 1. The van der Waals surface area contributed by atoms with E-state index in [1.54, 1.807) is 6.92 Å². The molecule has 172 valence electrons. The lowest BCUT2D eigenvalue weighted by atomic mass is 9.95. The average molecular weight is 464 g/mol.